The number of rotatable bonds is 6. The Morgan fingerprint density at radius 2 is 1.95 bits per heavy atom. The van der Waals surface area contributed by atoms with Crippen molar-refractivity contribution in [1.29, 1.82) is 0 Å². The van der Waals surface area contributed by atoms with E-state index >= 15 is 0 Å². The summed E-state index contributed by atoms with van der Waals surface area (Å²) >= 11 is 0. The molecule has 2 heteroatoms. The van der Waals surface area contributed by atoms with Gasteiger partial charge in [-0.2, -0.15) is 0 Å². The molecule has 0 saturated heterocycles. The number of hydrogen-bond donors (Lipinski definition) is 2. The van der Waals surface area contributed by atoms with Crippen molar-refractivity contribution in [2.75, 3.05) is 6.54 Å². The van der Waals surface area contributed by atoms with Crippen LogP contribution in [0.4, 0.5) is 0 Å². The number of nitrogens with one attached hydrogen (secondary N) is 1. The highest BCUT2D eigenvalue weighted by Crippen LogP contribution is 2.23. The first-order valence-electron chi connectivity index (χ1n) is 6.98. The van der Waals surface area contributed by atoms with Gasteiger partial charge in [-0.1, -0.05) is 60.7 Å². The van der Waals surface area contributed by atoms with Gasteiger partial charge in [-0.05, 0) is 23.3 Å². The third kappa shape index (κ3) is 3.56. The molecule has 0 aliphatic heterocycles. The van der Waals surface area contributed by atoms with Gasteiger partial charge in [0.2, 0.25) is 0 Å². The maximum Gasteiger partial charge on any atom is 0.0408 e. The fourth-order valence-electron chi connectivity index (χ4n) is 2.29. The van der Waals surface area contributed by atoms with Gasteiger partial charge in [-0.15, -0.1) is 6.58 Å². The van der Waals surface area contributed by atoms with Gasteiger partial charge >= 0.3 is 0 Å². The maximum absolute atomic E-state index is 5.74. The second kappa shape index (κ2) is 7.04. The van der Waals surface area contributed by atoms with Crippen molar-refractivity contribution in [2.24, 2.45) is 5.73 Å². The van der Waals surface area contributed by atoms with E-state index in [2.05, 4.69) is 61.3 Å². The van der Waals surface area contributed by atoms with E-state index in [4.69, 9.17) is 5.73 Å². The number of nitrogens with two attached hydrogens (primary N) is 1. The van der Waals surface area contributed by atoms with Gasteiger partial charge in [0, 0.05) is 18.6 Å². The summed E-state index contributed by atoms with van der Waals surface area (Å²) in [4.78, 5) is 0. The topological polar surface area (TPSA) is 38.0 Å². The van der Waals surface area contributed by atoms with Gasteiger partial charge in [0.15, 0.2) is 0 Å². The van der Waals surface area contributed by atoms with Crippen LogP contribution in [0.3, 0.4) is 0 Å². The highest BCUT2D eigenvalue weighted by Gasteiger charge is 2.07. The van der Waals surface area contributed by atoms with Crippen molar-refractivity contribution in [1.82, 2.24) is 5.32 Å². The largest absolute Gasteiger partial charge is 0.321 e. The molecule has 0 aliphatic carbocycles. The fraction of sp³-hybridized carbons (Fsp3) is 0.222. The van der Waals surface area contributed by atoms with Crippen LogP contribution in [0.1, 0.15) is 18.5 Å². The summed E-state index contributed by atoms with van der Waals surface area (Å²) in [5, 5.41) is 6.08. The average molecular weight is 266 g/mol. The molecular formula is C18H22N2. The zero-order chi connectivity index (χ0) is 14.4. The van der Waals surface area contributed by atoms with Crippen LogP contribution in [0.15, 0.2) is 67.3 Å². The molecule has 0 aromatic heterocycles. The first-order chi connectivity index (χ1) is 9.72. The van der Waals surface area contributed by atoms with E-state index in [0.29, 0.717) is 6.04 Å². The predicted molar refractivity (Wildman–Crippen MR) is 87.7 cm³/mol. The average Bonchev–Trinajstić information content (AvgIpc) is 2.50. The molecule has 104 valence electrons. The zero-order valence-corrected chi connectivity index (χ0v) is 11.9. The Labute approximate surface area is 121 Å². The molecule has 2 nitrogen and oxygen atoms in total. The summed E-state index contributed by atoms with van der Waals surface area (Å²) in [6, 6.07) is 15.1. The van der Waals surface area contributed by atoms with Crippen LogP contribution in [0.5, 0.6) is 0 Å². The minimum atomic E-state index is -0.0651. The highest BCUT2D eigenvalue weighted by atomic mass is 14.9. The fourth-order valence-corrected chi connectivity index (χ4v) is 2.29. The van der Waals surface area contributed by atoms with Crippen LogP contribution in [0.25, 0.3) is 10.8 Å². The Bertz CT molecular complexity index is 596. The first-order valence-corrected chi connectivity index (χ1v) is 6.98. The van der Waals surface area contributed by atoms with Crippen molar-refractivity contribution < 1.29 is 0 Å². The third-order valence-electron chi connectivity index (χ3n) is 3.46. The quantitative estimate of drug-likeness (QED) is 0.785. The molecule has 0 fully saturated rings. The van der Waals surface area contributed by atoms with Crippen molar-refractivity contribution in [2.45, 2.75) is 19.0 Å². The van der Waals surface area contributed by atoms with Crippen LogP contribution in [0.2, 0.25) is 0 Å². The Hall–Kier alpha value is -1.90. The lowest BCUT2D eigenvalue weighted by Gasteiger charge is -2.15. The Morgan fingerprint density at radius 3 is 2.75 bits per heavy atom. The van der Waals surface area contributed by atoms with E-state index in [0.717, 1.165) is 6.54 Å². The van der Waals surface area contributed by atoms with Crippen LogP contribution < -0.4 is 11.1 Å². The molecule has 2 atom stereocenters. The van der Waals surface area contributed by atoms with Gasteiger partial charge in [0.05, 0.1) is 0 Å². The van der Waals surface area contributed by atoms with Crippen LogP contribution in [-0.2, 0) is 0 Å². The van der Waals surface area contributed by atoms with Crippen molar-refractivity contribution in [3.63, 3.8) is 0 Å². The molecule has 2 aromatic rings. The molecule has 0 bridgehead atoms. The van der Waals surface area contributed by atoms with Gasteiger partial charge in [0.25, 0.3) is 0 Å². The minimum Gasteiger partial charge on any atom is -0.321 e. The molecule has 2 unspecified atom stereocenters. The SMILES string of the molecule is C=CC(N)C=CCNC(C)c1cccc2ccccc12. The van der Waals surface area contributed by atoms with Crippen LogP contribution in [0, 0.1) is 0 Å². The molecule has 3 N–H and O–H groups in total. The van der Waals surface area contributed by atoms with Gasteiger partial charge in [-0.25, -0.2) is 0 Å². The summed E-state index contributed by atoms with van der Waals surface area (Å²) in [5.41, 5.74) is 7.07. The summed E-state index contributed by atoms with van der Waals surface area (Å²) in [5.74, 6) is 0. The monoisotopic (exact) mass is 266 g/mol. The van der Waals surface area contributed by atoms with E-state index < -0.39 is 0 Å². The maximum atomic E-state index is 5.74. The normalized spacial score (nSPS) is 14.5. The van der Waals surface area contributed by atoms with E-state index in [1.807, 2.05) is 12.2 Å². The minimum absolute atomic E-state index is 0.0651. The van der Waals surface area contributed by atoms with Crippen molar-refractivity contribution in [3.8, 4) is 0 Å². The Kier molecular flexibility index (Phi) is 5.10. The molecule has 0 saturated carbocycles. The van der Waals surface area contributed by atoms with Crippen molar-refractivity contribution in [3.05, 3.63) is 72.8 Å². The zero-order valence-electron chi connectivity index (χ0n) is 11.9. The lowest BCUT2D eigenvalue weighted by atomic mass is 10.00. The molecular weight excluding hydrogens is 244 g/mol. The number of fused-ring (bicyclic) bond motifs is 1. The highest BCUT2D eigenvalue weighted by molar-refractivity contribution is 5.86. The summed E-state index contributed by atoms with van der Waals surface area (Å²) < 4.78 is 0. The second-order valence-corrected chi connectivity index (χ2v) is 4.94. The summed E-state index contributed by atoms with van der Waals surface area (Å²) in [7, 11) is 0. The van der Waals surface area contributed by atoms with E-state index in [-0.39, 0.29) is 6.04 Å². The lowest BCUT2D eigenvalue weighted by molar-refractivity contribution is 0.621. The van der Waals surface area contributed by atoms with E-state index in [1.54, 1.807) is 6.08 Å². The van der Waals surface area contributed by atoms with Crippen molar-refractivity contribution >= 4 is 10.8 Å². The van der Waals surface area contributed by atoms with Gasteiger partial charge in [-0.3, -0.25) is 0 Å². The molecule has 0 amide bonds. The first kappa shape index (κ1) is 14.5. The summed E-state index contributed by atoms with van der Waals surface area (Å²) in [6.07, 6.45) is 5.73. The molecule has 0 aliphatic rings. The summed E-state index contributed by atoms with van der Waals surface area (Å²) in [6.45, 7) is 6.64. The third-order valence-corrected chi connectivity index (χ3v) is 3.46. The Morgan fingerprint density at radius 1 is 1.20 bits per heavy atom. The molecule has 20 heavy (non-hydrogen) atoms. The molecule has 2 rings (SSSR count). The molecule has 0 spiro atoms. The van der Waals surface area contributed by atoms with Gasteiger partial charge in [0.1, 0.15) is 0 Å². The van der Waals surface area contributed by atoms with Crippen LogP contribution >= 0.6 is 0 Å². The van der Waals surface area contributed by atoms with Gasteiger partial charge < -0.3 is 11.1 Å². The molecule has 0 heterocycles. The van der Waals surface area contributed by atoms with E-state index in [9.17, 15) is 0 Å². The predicted octanol–water partition coefficient (Wildman–Crippen LogP) is 3.56. The lowest BCUT2D eigenvalue weighted by Crippen LogP contribution is -2.20. The molecule has 0 radical (unpaired) electrons. The Balaban J connectivity index is 2.06. The molecule has 2 aromatic carbocycles. The standard InChI is InChI=1S/C18H22N2/c1-3-16(19)10-7-13-20-14(2)17-12-6-9-15-8-4-5-11-18(15)17/h3-12,14,16,20H,1,13,19H2,2H3. The number of benzene rings is 2. The smallest absolute Gasteiger partial charge is 0.0408 e. The number of hydrogen-bond acceptors (Lipinski definition) is 2. The van der Waals surface area contributed by atoms with E-state index in [1.165, 1.54) is 16.3 Å². The van der Waals surface area contributed by atoms with Crippen LogP contribution in [-0.4, -0.2) is 12.6 Å². The second-order valence-electron chi connectivity index (χ2n) is 4.94.